The monoisotopic (exact) mass is 260 g/mol. The first-order valence-corrected chi connectivity index (χ1v) is 7.10. The van der Waals surface area contributed by atoms with Crippen LogP contribution >= 0.6 is 0 Å². The molecule has 104 valence electrons. The summed E-state index contributed by atoms with van der Waals surface area (Å²) in [6.45, 7) is 7.76. The molecular weight excluding hydrogens is 236 g/mol. The van der Waals surface area contributed by atoms with Crippen LogP contribution in [0, 0.1) is 0 Å². The van der Waals surface area contributed by atoms with Crippen molar-refractivity contribution in [2.75, 3.05) is 13.1 Å². The van der Waals surface area contributed by atoms with Gasteiger partial charge in [-0.1, -0.05) is 30.3 Å². The van der Waals surface area contributed by atoms with Crippen LogP contribution in [0.25, 0.3) is 0 Å². The fourth-order valence-corrected chi connectivity index (χ4v) is 2.72. The van der Waals surface area contributed by atoms with Gasteiger partial charge >= 0.3 is 0 Å². The molecule has 19 heavy (non-hydrogen) atoms. The summed E-state index contributed by atoms with van der Waals surface area (Å²) in [5.41, 5.74) is 0.838. The number of carbonyl (C=O) groups is 1. The van der Waals surface area contributed by atoms with Crippen molar-refractivity contribution in [2.24, 2.45) is 0 Å². The minimum Gasteiger partial charge on any atom is -0.341 e. The van der Waals surface area contributed by atoms with E-state index >= 15 is 0 Å². The van der Waals surface area contributed by atoms with Crippen molar-refractivity contribution >= 4 is 5.91 Å². The fourth-order valence-electron chi connectivity index (χ4n) is 2.72. The third-order valence-corrected chi connectivity index (χ3v) is 3.77. The maximum absolute atomic E-state index is 12.5. The normalized spacial score (nSPS) is 23.2. The molecule has 1 amide bonds. The van der Waals surface area contributed by atoms with Crippen LogP contribution in [0.1, 0.15) is 32.8 Å². The van der Waals surface area contributed by atoms with E-state index in [2.05, 4.69) is 24.4 Å². The molecule has 0 bridgehead atoms. The number of nitrogens with zero attached hydrogens (tertiary/aromatic N) is 1. The summed E-state index contributed by atoms with van der Waals surface area (Å²) in [7, 11) is 0. The first-order valence-electron chi connectivity index (χ1n) is 7.10. The van der Waals surface area contributed by atoms with Gasteiger partial charge in [-0.05, 0) is 39.2 Å². The van der Waals surface area contributed by atoms with Gasteiger partial charge in [-0.15, -0.1) is 0 Å². The molecule has 2 rings (SSSR count). The molecule has 0 aliphatic carbocycles. The SMILES string of the molecule is CC1CCN(CCc2ccccc2)C(=O)C(C)(C)N1. The first kappa shape index (κ1) is 14.1. The molecule has 0 radical (unpaired) electrons. The average Bonchev–Trinajstić information content (AvgIpc) is 2.47. The lowest BCUT2D eigenvalue weighted by Crippen LogP contribution is -2.53. The quantitative estimate of drug-likeness (QED) is 0.904. The molecule has 1 heterocycles. The largest absolute Gasteiger partial charge is 0.341 e. The highest BCUT2D eigenvalue weighted by atomic mass is 16.2. The Kier molecular flexibility index (Phi) is 4.25. The van der Waals surface area contributed by atoms with E-state index in [4.69, 9.17) is 0 Å². The van der Waals surface area contributed by atoms with Gasteiger partial charge < -0.3 is 10.2 Å². The summed E-state index contributed by atoms with van der Waals surface area (Å²) < 4.78 is 0. The Morgan fingerprint density at radius 1 is 1.32 bits per heavy atom. The van der Waals surface area contributed by atoms with Crippen LogP contribution in [0.15, 0.2) is 30.3 Å². The van der Waals surface area contributed by atoms with Crippen LogP contribution in [-0.2, 0) is 11.2 Å². The second-order valence-electron chi connectivity index (χ2n) is 5.99. The molecular formula is C16H24N2O. The highest BCUT2D eigenvalue weighted by Gasteiger charge is 2.35. The molecule has 0 aromatic heterocycles. The molecule has 1 saturated heterocycles. The van der Waals surface area contributed by atoms with Crippen molar-refractivity contribution in [1.82, 2.24) is 10.2 Å². The summed E-state index contributed by atoms with van der Waals surface area (Å²) in [5.74, 6) is 0.216. The topological polar surface area (TPSA) is 32.3 Å². The van der Waals surface area contributed by atoms with Crippen LogP contribution in [0.2, 0.25) is 0 Å². The van der Waals surface area contributed by atoms with Crippen molar-refractivity contribution < 1.29 is 4.79 Å². The molecule has 1 atom stereocenters. The number of hydrogen-bond donors (Lipinski definition) is 1. The van der Waals surface area contributed by atoms with Gasteiger partial charge in [0, 0.05) is 19.1 Å². The minimum atomic E-state index is -0.452. The Morgan fingerprint density at radius 2 is 2.00 bits per heavy atom. The molecule has 0 saturated carbocycles. The number of nitrogens with one attached hydrogen (secondary N) is 1. The molecule has 3 heteroatoms. The van der Waals surface area contributed by atoms with Crippen LogP contribution < -0.4 is 5.32 Å². The van der Waals surface area contributed by atoms with E-state index in [0.29, 0.717) is 6.04 Å². The van der Waals surface area contributed by atoms with E-state index in [-0.39, 0.29) is 5.91 Å². The lowest BCUT2D eigenvalue weighted by molar-refractivity contribution is -0.136. The molecule has 1 N–H and O–H groups in total. The predicted octanol–water partition coefficient (Wildman–Crippen LogP) is 2.22. The number of amides is 1. The Hall–Kier alpha value is -1.35. The number of benzene rings is 1. The third kappa shape index (κ3) is 3.57. The van der Waals surface area contributed by atoms with Gasteiger partial charge in [0.1, 0.15) is 0 Å². The molecule has 1 aliphatic rings. The molecule has 3 nitrogen and oxygen atoms in total. The number of carbonyl (C=O) groups excluding carboxylic acids is 1. The van der Waals surface area contributed by atoms with E-state index in [0.717, 1.165) is 25.9 Å². The molecule has 0 spiro atoms. The van der Waals surface area contributed by atoms with Crippen molar-refractivity contribution in [3.05, 3.63) is 35.9 Å². The predicted molar refractivity (Wildman–Crippen MR) is 78.0 cm³/mol. The van der Waals surface area contributed by atoms with E-state index < -0.39 is 5.54 Å². The van der Waals surface area contributed by atoms with Crippen molar-refractivity contribution in [2.45, 2.75) is 45.2 Å². The van der Waals surface area contributed by atoms with E-state index in [1.807, 2.05) is 36.9 Å². The summed E-state index contributed by atoms with van der Waals surface area (Å²) in [5, 5.41) is 3.40. The number of hydrogen-bond acceptors (Lipinski definition) is 2. The fraction of sp³-hybridized carbons (Fsp3) is 0.562. The van der Waals surface area contributed by atoms with Gasteiger partial charge in [-0.3, -0.25) is 4.79 Å². The Morgan fingerprint density at radius 3 is 2.68 bits per heavy atom. The van der Waals surface area contributed by atoms with Gasteiger partial charge in [0.2, 0.25) is 5.91 Å². The zero-order valence-corrected chi connectivity index (χ0v) is 12.1. The van der Waals surface area contributed by atoms with Crippen LogP contribution in [0.5, 0.6) is 0 Å². The third-order valence-electron chi connectivity index (χ3n) is 3.77. The lowest BCUT2D eigenvalue weighted by atomic mass is 10.0. The van der Waals surface area contributed by atoms with Gasteiger partial charge in [0.25, 0.3) is 0 Å². The van der Waals surface area contributed by atoms with E-state index in [9.17, 15) is 4.79 Å². The highest BCUT2D eigenvalue weighted by molar-refractivity contribution is 5.85. The molecule has 1 fully saturated rings. The van der Waals surface area contributed by atoms with Gasteiger partial charge in [0.15, 0.2) is 0 Å². The number of rotatable bonds is 3. The second kappa shape index (κ2) is 5.74. The molecule has 1 aliphatic heterocycles. The second-order valence-corrected chi connectivity index (χ2v) is 5.99. The Bertz CT molecular complexity index is 428. The molecule has 1 aromatic rings. The standard InChI is InChI=1S/C16H24N2O/c1-13-9-11-18(15(19)16(2,3)17-13)12-10-14-7-5-4-6-8-14/h4-8,13,17H,9-12H2,1-3H3. The summed E-state index contributed by atoms with van der Waals surface area (Å²) >= 11 is 0. The molecule has 1 unspecified atom stereocenters. The zero-order valence-electron chi connectivity index (χ0n) is 12.1. The molecule has 1 aromatic carbocycles. The van der Waals surface area contributed by atoms with Gasteiger partial charge in [-0.2, -0.15) is 0 Å². The van der Waals surface area contributed by atoms with E-state index in [1.54, 1.807) is 0 Å². The van der Waals surface area contributed by atoms with Crippen LogP contribution in [0.4, 0.5) is 0 Å². The van der Waals surface area contributed by atoms with Gasteiger partial charge in [-0.25, -0.2) is 0 Å². The van der Waals surface area contributed by atoms with Crippen molar-refractivity contribution in [3.8, 4) is 0 Å². The first-order chi connectivity index (χ1) is 8.99. The maximum Gasteiger partial charge on any atom is 0.242 e. The zero-order chi connectivity index (χ0) is 13.9. The summed E-state index contributed by atoms with van der Waals surface area (Å²) in [6.07, 6.45) is 1.95. The summed E-state index contributed by atoms with van der Waals surface area (Å²) in [6, 6.07) is 10.7. The highest BCUT2D eigenvalue weighted by Crippen LogP contribution is 2.16. The maximum atomic E-state index is 12.5. The van der Waals surface area contributed by atoms with Crippen LogP contribution in [0.3, 0.4) is 0 Å². The van der Waals surface area contributed by atoms with Gasteiger partial charge in [0.05, 0.1) is 5.54 Å². The van der Waals surface area contributed by atoms with Crippen LogP contribution in [-0.4, -0.2) is 35.5 Å². The Labute approximate surface area is 116 Å². The average molecular weight is 260 g/mol. The van der Waals surface area contributed by atoms with Crippen molar-refractivity contribution in [3.63, 3.8) is 0 Å². The lowest BCUT2D eigenvalue weighted by Gasteiger charge is -2.29. The minimum absolute atomic E-state index is 0.216. The summed E-state index contributed by atoms with van der Waals surface area (Å²) in [4.78, 5) is 14.5. The smallest absolute Gasteiger partial charge is 0.242 e. The van der Waals surface area contributed by atoms with E-state index in [1.165, 1.54) is 5.56 Å². The van der Waals surface area contributed by atoms with Crippen molar-refractivity contribution in [1.29, 1.82) is 0 Å². The Balaban J connectivity index is 2.01.